The molecule has 0 unspecified atom stereocenters. The molecule has 2 aromatic rings. The molecule has 2 aromatic carbocycles. The second-order valence-corrected chi connectivity index (χ2v) is 7.95. The summed E-state index contributed by atoms with van der Waals surface area (Å²) >= 11 is 0. The largest absolute Gasteiger partial charge is 0.354 e. The summed E-state index contributed by atoms with van der Waals surface area (Å²) < 4.78 is 35.5. The molecule has 0 aliphatic carbocycles. The van der Waals surface area contributed by atoms with E-state index in [0.717, 1.165) is 11.1 Å². The second kappa shape index (κ2) is 9.07. The quantitative estimate of drug-likeness (QED) is 0.637. The minimum Gasteiger partial charge on any atom is -0.354 e. The molecule has 0 spiro atoms. The fourth-order valence-electron chi connectivity index (χ4n) is 2.63. The fourth-order valence-corrected chi connectivity index (χ4v) is 3.14. The van der Waals surface area contributed by atoms with Gasteiger partial charge in [0.2, 0.25) is 15.9 Å². The molecule has 0 aromatic heterocycles. The second-order valence-electron chi connectivity index (χ2n) is 6.39. The van der Waals surface area contributed by atoms with E-state index in [2.05, 4.69) is 10.6 Å². The predicted molar refractivity (Wildman–Crippen MR) is 102 cm³/mol. The van der Waals surface area contributed by atoms with Gasteiger partial charge in [0, 0.05) is 12.6 Å². The highest BCUT2D eigenvalue weighted by Gasteiger charge is 2.16. The van der Waals surface area contributed by atoms with Gasteiger partial charge in [-0.2, -0.15) is 0 Å². The van der Waals surface area contributed by atoms with Gasteiger partial charge in [0.15, 0.2) is 0 Å². The normalized spacial score (nSPS) is 13.8. The van der Waals surface area contributed by atoms with Crippen molar-refractivity contribution in [3.63, 3.8) is 0 Å². The van der Waals surface area contributed by atoms with E-state index in [9.17, 15) is 17.6 Å². The summed E-state index contributed by atoms with van der Waals surface area (Å²) in [6.07, 6.45) is 0.614. The molecule has 0 saturated heterocycles. The molecule has 1 amide bonds. The van der Waals surface area contributed by atoms with Gasteiger partial charge in [0.1, 0.15) is 5.82 Å². The van der Waals surface area contributed by atoms with E-state index >= 15 is 0 Å². The highest BCUT2D eigenvalue weighted by molar-refractivity contribution is 7.89. The molecule has 4 N–H and O–H groups in total. The van der Waals surface area contributed by atoms with Crippen molar-refractivity contribution in [2.75, 3.05) is 6.54 Å². The smallest absolute Gasteiger partial charge is 0.238 e. The third kappa shape index (κ3) is 6.42. The molecule has 0 aliphatic rings. The van der Waals surface area contributed by atoms with Crippen molar-refractivity contribution in [1.82, 2.24) is 10.6 Å². The van der Waals surface area contributed by atoms with E-state index in [4.69, 9.17) is 5.14 Å². The van der Waals surface area contributed by atoms with E-state index in [0.29, 0.717) is 13.0 Å². The average molecular weight is 393 g/mol. The minimum atomic E-state index is -3.72. The van der Waals surface area contributed by atoms with Gasteiger partial charge in [-0.1, -0.05) is 24.3 Å². The van der Waals surface area contributed by atoms with Gasteiger partial charge in [0.25, 0.3) is 0 Å². The van der Waals surface area contributed by atoms with E-state index in [1.54, 1.807) is 31.2 Å². The standard InChI is InChI=1S/C19H24FN3O3S/c1-13(16-5-9-18(10-6-16)27(21,25)26)23-14(2)19(24)22-12-11-15-3-7-17(20)8-4-15/h3-10,13-14,23H,11-12H2,1-2H3,(H,22,24)(H2,21,25,26)/t13-,14-/m0/s1. The van der Waals surface area contributed by atoms with Crippen LogP contribution in [-0.4, -0.2) is 26.9 Å². The maximum absolute atomic E-state index is 12.9. The van der Waals surface area contributed by atoms with E-state index < -0.39 is 16.1 Å². The van der Waals surface area contributed by atoms with E-state index in [-0.39, 0.29) is 22.7 Å². The average Bonchev–Trinajstić information content (AvgIpc) is 2.62. The SMILES string of the molecule is C[C@H](N[C@@H](C)c1ccc(S(N)(=O)=O)cc1)C(=O)NCCc1ccc(F)cc1. The molecule has 0 radical (unpaired) electrons. The number of carbonyl (C=O) groups is 1. The lowest BCUT2D eigenvalue weighted by molar-refractivity contribution is -0.122. The van der Waals surface area contributed by atoms with Gasteiger partial charge < -0.3 is 5.32 Å². The van der Waals surface area contributed by atoms with Crippen LogP contribution in [0.4, 0.5) is 4.39 Å². The summed E-state index contributed by atoms with van der Waals surface area (Å²) in [5.74, 6) is -0.434. The molecule has 8 heteroatoms. The third-order valence-electron chi connectivity index (χ3n) is 4.23. The molecule has 0 heterocycles. The Morgan fingerprint density at radius 1 is 1.07 bits per heavy atom. The number of halogens is 1. The highest BCUT2D eigenvalue weighted by atomic mass is 32.2. The van der Waals surface area contributed by atoms with Gasteiger partial charge in [-0.3, -0.25) is 10.1 Å². The summed E-state index contributed by atoms with van der Waals surface area (Å²) in [5.41, 5.74) is 1.79. The first-order chi connectivity index (χ1) is 12.7. The van der Waals surface area contributed by atoms with Crippen LogP contribution in [0.1, 0.15) is 31.0 Å². The van der Waals surface area contributed by atoms with Crippen LogP contribution in [0.2, 0.25) is 0 Å². The lowest BCUT2D eigenvalue weighted by Gasteiger charge is -2.20. The number of sulfonamides is 1. The summed E-state index contributed by atoms with van der Waals surface area (Å²) in [5, 5.41) is 11.1. The highest BCUT2D eigenvalue weighted by Crippen LogP contribution is 2.16. The number of amides is 1. The van der Waals surface area contributed by atoms with Crippen molar-refractivity contribution in [2.45, 2.75) is 37.2 Å². The van der Waals surface area contributed by atoms with Crippen LogP contribution in [0, 0.1) is 5.82 Å². The zero-order valence-electron chi connectivity index (χ0n) is 15.3. The lowest BCUT2D eigenvalue weighted by Crippen LogP contribution is -2.43. The number of nitrogens with two attached hydrogens (primary N) is 1. The predicted octanol–water partition coefficient (Wildman–Crippen LogP) is 1.87. The summed E-state index contributed by atoms with van der Waals surface area (Å²) in [7, 11) is -3.72. The Kier molecular flexibility index (Phi) is 7.06. The Morgan fingerprint density at radius 3 is 2.22 bits per heavy atom. The van der Waals surface area contributed by atoms with Crippen molar-refractivity contribution < 1.29 is 17.6 Å². The van der Waals surface area contributed by atoms with Crippen LogP contribution in [0.5, 0.6) is 0 Å². The Balaban J connectivity index is 1.83. The molecule has 2 rings (SSSR count). The number of primary sulfonamides is 1. The van der Waals surface area contributed by atoms with E-state index in [1.165, 1.54) is 24.3 Å². The Hall–Kier alpha value is -2.29. The molecular formula is C19H24FN3O3S. The molecule has 0 saturated carbocycles. The summed E-state index contributed by atoms with van der Waals surface area (Å²) in [6, 6.07) is 11.8. The topological polar surface area (TPSA) is 101 Å². The minimum absolute atomic E-state index is 0.0463. The molecule has 146 valence electrons. The lowest BCUT2D eigenvalue weighted by atomic mass is 10.1. The Labute approximate surface area is 159 Å². The fraction of sp³-hybridized carbons (Fsp3) is 0.316. The Bertz CT molecular complexity index is 868. The Morgan fingerprint density at radius 2 is 1.67 bits per heavy atom. The number of hydrogen-bond acceptors (Lipinski definition) is 4. The van der Waals surface area contributed by atoms with Crippen LogP contribution in [-0.2, 0) is 21.2 Å². The first kappa shape index (κ1) is 21.0. The molecule has 27 heavy (non-hydrogen) atoms. The van der Waals surface area contributed by atoms with Gasteiger partial charge in [0.05, 0.1) is 10.9 Å². The zero-order valence-corrected chi connectivity index (χ0v) is 16.1. The van der Waals surface area contributed by atoms with Crippen LogP contribution in [0.15, 0.2) is 53.4 Å². The van der Waals surface area contributed by atoms with Crippen molar-refractivity contribution in [3.8, 4) is 0 Å². The van der Waals surface area contributed by atoms with Crippen LogP contribution in [0.3, 0.4) is 0 Å². The summed E-state index contributed by atoms with van der Waals surface area (Å²) in [4.78, 5) is 12.3. The monoisotopic (exact) mass is 393 g/mol. The number of carbonyl (C=O) groups excluding carboxylic acids is 1. The molecule has 0 bridgehead atoms. The molecule has 2 atom stereocenters. The number of rotatable bonds is 8. The van der Waals surface area contributed by atoms with E-state index in [1.807, 2.05) is 6.92 Å². The van der Waals surface area contributed by atoms with Crippen LogP contribution in [0.25, 0.3) is 0 Å². The van der Waals surface area contributed by atoms with Gasteiger partial charge in [-0.05, 0) is 55.7 Å². The zero-order chi connectivity index (χ0) is 20.0. The summed E-state index contributed by atoms with van der Waals surface area (Å²) in [6.45, 7) is 4.09. The molecule has 6 nitrogen and oxygen atoms in total. The molecule has 0 fully saturated rings. The number of nitrogens with one attached hydrogen (secondary N) is 2. The number of hydrogen-bond donors (Lipinski definition) is 3. The van der Waals surface area contributed by atoms with Crippen molar-refractivity contribution in [3.05, 3.63) is 65.5 Å². The third-order valence-corrected chi connectivity index (χ3v) is 5.16. The van der Waals surface area contributed by atoms with Gasteiger partial charge >= 0.3 is 0 Å². The van der Waals surface area contributed by atoms with Crippen molar-refractivity contribution >= 4 is 15.9 Å². The molecule has 0 aliphatic heterocycles. The van der Waals surface area contributed by atoms with Crippen molar-refractivity contribution in [2.24, 2.45) is 5.14 Å². The van der Waals surface area contributed by atoms with Crippen LogP contribution >= 0.6 is 0 Å². The van der Waals surface area contributed by atoms with Crippen molar-refractivity contribution in [1.29, 1.82) is 0 Å². The molecular weight excluding hydrogens is 369 g/mol. The first-order valence-electron chi connectivity index (χ1n) is 8.58. The van der Waals surface area contributed by atoms with Gasteiger partial charge in [-0.25, -0.2) is 17.9 Å². The number of benzene rings is 2. The van der Waals surface area contributed by atoms with Gasteiger partial charge in [-0.15, -0.1) is 0 Å². The van der Waals surface area contributed by atoms with Crippen LogP contribution < -0.4 is 15.8 Å². The first-order valence-corrected chi connectivity index (χ1v) is 10.1. The maximum atomic E-state index is 12.9. The maximum Gasteiger partial charge on any atom is 0.238 e.